The lowest BCUT2D eigenvalue weighted by Crippen LogP contribution is -2.18. The molecule has 142 valence electrons. The van der Waals surface area contributed by atoms with Crippen molar-refractivity contribution in [1.29, 1.82) is 0 Å². The van der Waals surface area contributed by atoms with E-state index in [0.29, 0.717) is 16.8 Å². The van der Waals surface area contributed by atoms with Crippen molar-refractivity contribution >= 4 is 39.0 Å². The van der Waals surface area contributed by atoms with Crippen molar-refractivity contribution in [3.05, 3.63) is 94.5 Å². The number of rotatable bonds is 4. The minimum atomic E-state index is -0.335. The molecule has 5 nitrogen and oxygen atoms in total. The van der Waals surface area contributed by atoms with Crippen LogP contribution in [0.5, 0.6) is 5.75 Å². The molecule has 0 aliphatic heterocycles. The predicted molar refractivity (Wildman–Crippen MR) is 118 cm³/mol. The first-order chi connectivity index (χ1) is 14.1. The summed E-state index contributed by atoms with van der Waals surface area (Å²) in [6.07, 6.45) is 1.48. The summed E-state index contributed by atoms with van der Waals surface area (Å²) >= 11 is 3.43. The summed E-state index contributed by atoms with van der Waals surface area (Å²) in [6, 6.07) is 23.7. The number of halogens is 1. The van der Waals surface area contributed by atoms with Crippen LogP contribution in [0.2, 0.25) is 0 Å². The molecule has 1 amide bonds. The maximum absolute atomic E-state index is 12.8. The SMILES string of the molecule is O=C(NN=Cc1cccc(O)c1)c1cc(-c2ccc(Br)cc2)nc2ccccc12. The maximum Gasteiger partial charge on any atom is 0.272 e. The number of carbonyl (C=O) groups excluding carboxylic acids is 1. The van der Waals surface area contributed by atoms with Crippen LogP contribution in [0.25, 0.3) is 22.2 Å². The van der Waals surface area contributed by atoms with Crippen molar-refractivity contribution in [3.63, 3.8) is 0 Å². The number of nitrogens with zero attached hydrogens (tertiary/aromatic N) is 2. The van der Waals surface area contributed by atoms with Crippen LogP contribution < -0.4 is 5.43 Å². The molecule has 2 N–H and O–H groups in total. The second kappa shape index (κ2) is 8.24. The van der Waals surface area contributed by atoms with Crippen molar-refractivity contribution in [2.24, 2.45) is 5.10 Å². The highest BCUT2D eigenvalue weighted by molar-refractivity contribution is 9.10. The molecule has 0 unspecified atom stereocenters. The summed E-state index contributed by atoms with van der Waals surface area (Å²) in [4.78, 5) is 17.5. The van der Waals surface area contributed by atoms with E-state index in [9.17, 15) is 9.90 Å². The number of phenols is 1. The van der Waals surface area contributed by atoms with Gasteiger partial charge in [-0.25, -0.2) is 10.4 Å². The van der Waals surface area contributed by atoms with Gasteiger partial charge in [-0.3, -0.25) is 4.79 Å². The van der Waals surface area contributed by atoms with E-state index in [1.165, 1.54) is 6.21 Å². The van der Waals surface area contributed by atoms with Crippen LogP contribution in [0.1, 0.15) is 15.9 Å². The minimum Gasteiger partial charge on any atom is -0.508 e. The van der Waals surface area contributed by atoms with Gasteiger partial charge in [0.2, 0.25) is 0 Å². The van der Waals surface area contributed by atoms with Gasteiger partial charge in [-0.15, -0.1) is 0 Å². The lowest BCUT2D eigenvalue weighted by Gasteiger charge is -2.09. The Kier molecular flexibility index (Phi) is 5.35. The third-order valence-corrected chi connectivity index (χ3v) is 4.88. The van der Waals surface area contributed by atoms with Crippen molar-refractivity contribution in [2.75, 3.05) is 0 Å². The Morgan fingerprint density at radius 3 is 2.59 bits per heavy atom. The number of aromatic hydroxyl groups is 1. The van der Waals surface area contributed by atoms with Crippen LogP contribution in [0.15, 0.2) is 88.4 Å². The van der Waals surface area contributed by atoms with Crippen molar-refractivity contribution < 1.29 is 9.90 Å². The predicted octanol–water partition coefficient (Wildman–Crippen LogP) is 5.13. The summed E-state index contributed by atoms with van der Waals surface area (Å²) in [5, 5.41) is 14.3. The molecule has 0 saturated heterocycles. The number of hydrazone groups is 1. The minimum absolute atomic E-state index is 0.138. The van der Waals surface area contributed by atoms with Gasteiger partial charge in [0.15, 0.2) is 0 Å². The molecular weight excluding hydrogens is 430 g/mol. The Labute approximate surface area is 175 Å². The highest BCUT2D eigenvalue weighted by Crippen LogP contribution is 2.26. The largest absolute Gasteiger partial charge is 0.508 e. The topological polar surface area (TPSA) is 74.6 Å². The highest BCUT2D eigenvalue weighted by Gasteiger charge is 2.13. The Morgan fingerprint density at radius 1 is 1.00 bits per heavy atom. The average molecular weight is 446 g/mol. The fraction of sp³-hybridized carbons (Fsp3) is 0. The number of nitrogens with one attached hydrogen (secondary N) is 1. The van der Waals surface area contributed by atoms with Crippen LogP contribution in [0.4, 0.5) is 0 Å². The van der Waals surface area contributed by atoms with Gasteiger partial charge in [0.1, 0.15) is 5.75 Å². The van der Waals surface area contributed by atoms with E-state index >= 15 is 0 Å². The molecule has 0 saturated carbocycles. The van der Waals surface area contributed by atoms with Crippen LogP contribution in [-0.2, 0) is 0 Å². The Bertz CT molecular complexity index is 1220. The number of para-hydroxylation sites is 1. The lowest BCUT2D eigenvalue weighted by molar-refractivity contribution is 0.0956. The summed E-state index contributed by atoms with van der Waals surface area (Å²) in [5.41, 5.74) is 6.08. The van der Waals surface area contributed by atoms with Crippen molar-refractivity contribution in [1.82, 2.24) is 10.4 Å². The van der Waals surface area contributed by atoms with Gasteiger partial charge >= 0.3 is 0 Å². The van der Waals surface area contributed by atoms with Gasteiger partial charge in [0, 0.05) is 15.4 Å². The Balaban J connectivity index is 1.68. The number of aromatic nitrogens is 1. The quantitative estimate of drug-likeness (QED) is 0.337. The third-order valence-electron chi connectivity index (χ3n) is 4.35. The van der Waals surface area contributed by atoms with Gasteiger partial charge in [0.25, 0.3) is 5.91 Å². The molecule has 1 heterocycles. The maximum atomic E-state index is 12.8. The third kappa shape index (κ3) is 4.33. The molecule has 3 aromatic carbocycles. The van der Waals surface area contributed by atoms with E-state index in [1.807, 2.05) is 48.5 Å². The van der Waals surface area contributed by atoms with Gasteiger partial charge in [-0.1, -0.05) is 58.4 Å². The monoisotopic (exact) mass is 445 g/mol. The number of pyridine rings is 1. The van der Waals surface area contributed by atoms with Crippen molar-refractivity contribution in [3.8, 4) is 17.0 Å². The second-order valence-corrected chi connectivity index (χ2v) is 7.29. The van der Waals surface area contributed by atoms with E-state index in [0.717, 1.165) is 20.9 Å². The average Bonchev–Trinajstić information content (AvgIpc) is 2.73. The molecule has 0 aliphatic carbocycles. The van der Waals surface area contributed by atoms with Crippen LogP contribution in [0, 0.1) is 0 Å². The van der Waals surface area contributed by atoms with E-state index in [4.69, 9.17) is 4.98 Å². The van der Waals surface area contributed by atoms with Crippen molar-refractivity contribution in [2.45, 2.75) is 0 Å². The normalized spacial score (nSPS) is 11.1. The standard InChI is InChI=1S/C23H16BrN3O2/c24-17-10-8-16(9-11-17)22-13-20(19-6-1-2-7-21(19)26-22)23(29)27-25-14-15-4-3-5-18(28)12-15/h1-14,28H,(H,27,29). The molecule has 1 aromatic heterocycles. The number of fused-ring (bicyclic) bond motifs is 1. The summed E-state index contributed by atoms with van der Waals surface area (Å²) < 4.78 is 0.973. The molecule has 0 spiro atoms. The first kappa shape index (κ1) is 18.8. The first-order valence-corrected chi connectivity index (χ1v) is 9.67. The Morgan fingerprint density at radius 2 is 1.79 bits per heavy atom. The number of hydrogen-bond acceptors (Lipinski definition) is 4. The van der Waals surface area contributed by atoms with E-state index in [2.05, 4.69) is 26.5 Å². The number of carbonyl (C=O) groups is 1. The molecule has 0 bridgehead atoms. The van der Waals surface area contributed by atoms with Gasteiger partial charge < -0.3 is 5.11 Å². The van der Waals surface area contributed by atoms with Gasteiger partial charge in [-0.2, -0.15) is 5.10 Å². The zero-order valence-electron chi connectivity index (χ0n) is 15.2. The van der Waals surface area contributed by atoms with E-state index < -0.39 is 0 Å². The molecule has 0 fully saturated rings. The van der Waals surface area contributed by atoms with Crippen LogP contribution in [0.3, 0.4) is 0 Å². The van der Waals surface area contributed by atoms with Crippen LogP contribution in [-0.4, -0.2) is 22.2 Å². The summed E-state index contributed by atoms with van der Waals surface area (Å²) in [5.74, 6) is -0.196. The summed E-state index contributed by atoms with van der Waals surface area (Å²) in [7, 11) is 0. The molecule has 29 heavy (non-hydrogen) atoms. The molecule has 6 heteroatoms. The fourth-order valence-electron chi connectivity index (χ4n) is 2.96. The second-order valence-electron chi connectivity index (χ2n) is 6.37. The number of hydrogen-bond donors (Lipinski definition) is 2. The summed E-state index contributed by atoms with van der Waals surface area (Å²) in [6.45, 7) is 0. The van der Waals surface area contributed by atoms with E-state index in [-0.39, 0.29) is 11.7 Å². The molecule has 0 radical (unpaired) electrons. The van der Waals surface area contributed by atoms with Gasteiger partial charge in [-0.05, 0) is 42.0 Å². The molecule has 0 atom stereocenters. The number of phenolic OH excluding ortho intramolecular Hbond substituents is 1. The lowest BCUT2D eigenvalue weighted by atomic mass is 10.0. The molecular formula is C23H16BrN3O2. The molecule has 4 rings (SSSR count). The fourth-order valence-corrected chi connectivity index (χ4v) is 3.23. The van der Waals surface area contributed by atoms with Gasteiger partial charge in [0.05, 0.1) is 23.0 Å². The Hall–Kier alpha value is -3.51. The smallest absolute Gasteiger partial charge is 0.272 e. The zero-order chi connectivity index (χ0) is 20.2. The number of amides is 1. The zero-order valence-corrected chi connectivity index (χ0v) is 16.8. The molecule has 0 aliphatic rings. The highest BCUT2D eigenvalue weighted by atomic mass is 79.9. The number of benzene rings is 3. The van der Waals surface area contributed by atoms with Crippen LogP contribution >= 0.6 is 15.9 Å². The molecule has 4 aromatic rings. The van der Waals surface area contributed by atoms with E-state index in [1.54, 1.807) is 30.3 Å². The first-order valence-electron chi connectivity index (χ1n) is 8.88.